The fourth-order valence-electron chi connectivity index (χ4n) is 7.19. The van der Waals surface area contributed by atoms with Gasteiger partial charge in [0.05, 0.1) is 29.8 Å². The number of para-hydroxylation sites is 2. The number of morpholine rings is 1. The summed E-state index contributed by atoms with van der Waals surface area (Å²) in [5.41, 5.74) is 0.444. The van der Waals surface area contributed by atoms with E-state index in [1.54, 1.807) is 24.3 Å². The van der Waals surface area contributed by atoms with E-state index in [9.17, 15) is 13.9 Å². The quantitative estimate of drug-likeness (QED) is 0.554. The van der Waals surface area contributed by atoms with E-state index in [-0.39, 0.29) is 12.0 Å². The third kappa shape index (κ3) is 3.71. The second kappa shape index (κ2) is 8.31. The molecule has 1 aliphatic heterocycles. The van der Waals surface area contributed by atoms with Crippen LogP contribution < -0.4 is 10.2 Å². The second-order valence-electron chi connectivity index (χ2n) is 10.8. The first-order chi connectivity index (χ1) is 17.5. The second-order valence-corrected chi connectivity index (χ2v) is 10.8. The lowest BCUT2D eigenvalue weighted by Gasteiger charge is -2.58. The van der Waals surface area contributed by atoms with E-state index >= 15 is 0 Å². The van der Waals surface area contributed by atoms with Crippen LogP contribution in [-0.4, -0.2) is 67.6 Å². The summed E-state index contributed by atoms with van der Waals surface area (Å²) >= 11 is 0. The van der Waals surface area contributed by atoms with Crippen LogP contribution in [0.1, 0.15) is 44.4 Å². The van der Waals surface area contributed by atoms with Crippen molar-refractivity contribution in [1.82, 2.24) is 24.5 Å². The van der Waals surface area contributed by atoms with Crippen LogP contribution in [0.3, 0.4) is 0 Å². The average molecular weight is 498 g/mol. The van der Waals surface area contributed by atoms with Crippen LogP contribution in [0.15, 0.2) is 24.3 Å². The van der Waals surface area contributed by atoms with E-state index in [4.69, 9.17) is 9.72 Å². The van der Waals surface area contributed by atoms with E-state index in [1.165, 1.54) is 4.57 Å². The minimum Gasteiger partial charge on any atom is -0.390 e. The highest BCUT2D eigenvalue weighted by Crippen LogP contribution is 2.56. The molecule has 4 aliphatic carbocycles. The van der Waals surface area contributed by atoms with Crippen LogP contribution in [0.2, 0.25) is 0 Å². The maximum absolute atomic E-state index is 14.1. The SMILES string of the molecule is O[C@]12CC3C[C@H](C1)[C@@H](Nc1nc(N4CCOCC4)nc(-n4c(C(F)F)nc5ccccc54)n1)[C@@H](C3)C2. The zero-order valence-electron chi connectivity index (χ0n) is 19.9. The van der Waals surface area contributed by atoms with Crippen molar-refractivity contribution in [1.29, 1.82) is 0 Å². The molecule has 1 aromatic carbocycles. The topological polar surface area (TPSA) is 101 Å². The van der Waals surface area contributed by atoms with Crippen LogP contribution in [0, 0.1) is 17.8 Å². The standard InChI is InChI=1S/C25H29F2N7O2/c26-20(27)21-28-17-3-1-2-4-18(17)34(21)24-31-22(30-23(32-24)33-5-7-36-8-6-33)29-19-15-9-14-10-16(19)13-25(35,11-14)12-15/h1-4,14-16,19-20,35H,5-13H2,(H,29,30,31,32)/t14?,15-,16+,19-,25-. The molecule has 2 aromatic heterocycles. The molecule has 9 nitrogen and oxygen atoms in total. The van der Waals surface area contributed by atoms with Crippen molar-refractivity contribution in [3.05, 3.63) is 30.1 Å². The van der Waals surface area contributed by atoms with Crippen LogP contribution >= 0.6 is 0 Å². The zero-order chi connectivity index (χ0) is 24.4. The minimum atomic E-state index is -2.79. The van der Waals surface area contributed by atoms with E-state index in [0.717, 1.165) is 32.1 Å². The number of hydrogen-bond acceptors (Lipinski definition) is 8. The van der Waals surface area contributed by atoms with Crippen LogP contribution in [0.4, 0.5) is 20.7 Å². The number of imidazole rings is 1. The number of benzene rings is 1. The number of fused-ring (bicyclic) bond motifs is 1. The first-order valence-electron chi connectivity index (χ1n) is 12.8. The van der Waals surface area contributed by atoms with Gasteiger partial charge in [-0.25, -0.2) is 13.8 Å². The number of nitrogens with zero attached hydrogens (tertiary/aromatic N) is 6. The van der Waals surface area contributed by atoms with E-state index in [2.05, 4.69) is 20.3 Å². The Bertz CT molecular complexity index is 1280. The molecular weight excluding hydrogens is 468 g/mol. The van der Waals surface area contributed by atoms with Crippen molar-refractivity contribution in [2.24, 2.45) is 17.8 Å². The Morgan fingerprint density at radius 2 is 1.69 bits per heavy atom. The number of rotatable bonds is 5. The predicted molar refractivity (Wildman–Crippen MR) is 128 cm³/mol. The normalized spacial score (nSPS) is 31.5. The molecule has 5 aliphatic rings. The molecule has 1 saturated heterocycles. The molecule has 0 radical (unpaired) electrons. The van der Waals surface area contributed by atoms with Crippen molar-refractivity contribution < 1.29 is 18.6 Å². The summed E-state index contributed by atoms with van der Waals surface area (Å²) in [5.74, 6) is 1.82. The molecule has 4 bridgehead atoms. The third-order valence-corrected chi connectivity index (χ3v) is 8.42. The van der Waals surface area contributed by atoms with Gasteiger partial charge in [0, 0.05) is 19.1 Å². The monoisotopic (exact) mass is 497 g/mol. The Hall–Kier alpha value is -2.92. The molecule has 8 rings (SSSR count). The summed E-state index contributed by atoms with van der Waals surface area (Å²) in [6, 6.07) is 7.16. The molecule has 4 saturated carbocycles. The number of aliphatic hydroxyl groups is 1. The first kappa shape index (κ1) is 22.3. The number of aromatic nitrogens is 5. The lowest BCUT2D eigenvalue weighted by Crippen LogP contribution is -2.59. The van der Waals surface area contributed by atoms with Gasteiger partial charge in [0.15, 0.2) is 5.82 Å². The van der Waals surface area contributed by atoms with Crippen molar-refractivity contribution >= 4 is 22.9 Å². The number of alkyl halides is 2. The van der Waals surface area contributed by atoms with Crippen LogP contribution in [0.5, 0.6) is 0 Å². The molecule has 5 fully saturated rings. The summed E-state index contributed by atoms with van der Waals surface area (Å²) in [6.07, 6.45) is 1.87. The molecule has 0 spiro atoms. The fraction of sp³-hybridized carbons (Fsp3) is 0.600. The lowest BCUT2D eigenvalue weighted by molar-refractivity contribution is -0.129. The molecular formula is C25H29F2N7O2. The highest BCUT2D eigenvalue weighted by molar-refractivity contribution is 5.77. The van der Waals surface area contributed by atoms with Gasteiger partial charge in [0.25, 0.3) is 6.43 Å². The maximum Gasteiger partial charge on any atom is 0.296 e. The Kier molecular flexibility index (Phi) is 5.14. The molecule has 3 heterocycles. The summed E-state index contributed by atoms with van der Waals surface area (Å²) in [7, 11) is 0. The molecule has 11 heteroatoms. The molecule has 1 unspecified atom stereocenters. The Balaban J connectivity index is 1.31. The summed E-state index contributed by atoms with van der Waals surface area (Å²) in [6.45, 7) is 2.32. The van der Waals surface area contributed by atoms with Gasteiger partial charge in [-0.15, -0.1) is 0 Å². The van der Waals surface area contributed by atoms with Gasteiger partial charge in [-0.05, 0) is 62.0 Å². The number of hydrogen-bond donors (Lipinski definition) is 2. The molecule has 36 heavy (non-hydrogen) atoms. The Labute approximate surface area is 206 Å². The largest absolute Gasteiger partial charge is 0.390 e. The van der Waals surface area contributed by atoms with Crippen molar-refractivity contribution in [2.75, 3.05) is 36.5 Å². The third-order valence-electron chi connectivity index (χ3n) is 8.42. The number of anilines is 2. The summed E-state index contributed by atoms with van der Waals surface area (Å²) < 4.78 is 35.0. The maximum atomic E-state index is 14.1. The number of halogens is 2. The van der Waals surface area contributed by atoms with Crippen molar-refractivity contribution in [2.45, 2.75) is 50.2 Å². The molecule has 0 amide bonds. The minimum absolute atomic E-state index is 0.125. The van der Waals surface area contributed by atoms with Crippen LogP contribution in [-0.2, 0) is 4.74 Å². The average Bonchev–Trinajstić information content (AvgIpc) is 3.26. The Morgan fingerprint density at radius 3 is 2.42 bits per heavy atom. The smallest absolute Gasteiger partial charge is 0.296 e. The summed E-state index contributed by atoms with van der Waals surface area (Å²) in [4.78, 5) is 20.2. The predicted octanol–water partition coefficient (Wildman–Crippen LogP) is 3.34. The van der Waals surface area contributed by atoms with Gasteiger partial charge >= 0.3 is 0 Å². The summed E-state index contributed by atoms with van der Waals surface area (Å²) in [5, 5.41) is 14.6. The highest BCUT2D eigenvalue weighted by Gasteiger charge is 2.54. The fourth-order valence-corrected chi connectivity index (χ4v) is 7.19. The van der Waals surface area contributed by atoms with E-state index in [0.29, 0.717) is 67.0 Å². The van der Waals surface area contributed by atoms with E-state index < -0.39 is 17.9 Å². The van der Waals surface area contributed by atoms with Gasteiger partial charge in [0.2, 0.25) is 17.8 Å². The van der Waals surface area contributed by atoms with Gasteiger partial charge < -0.3 is 20.1 Å². The lowest BCUT2D eigenvalue weighted by atomic mass is 9.52. The Morgan fingerprint density at radius 1 is 0.972 bits per heavy atom. The number of ether oxygens (including phenoxy) is 1. The number of nitrogens with one attached hydrogen (secondary N) is 1. The van der Waals surface area contributed by atoms with Gasteiger partial charge in [-0.1, -0.05) is 12.1 Å². The molecule has 5 atom stereocenters. The van der Waals surface area contributed by atoms with Crippen LogP contribution in [0.25, 0.3) is 17.0 Å². The van der Waals surface area contributed by atoms with Crippen molar-refractivity contribution in [3.63, 3.8) is 0 Å². The van der Waals surface area contributed by atoms with Gasteiger partial charge in [-0.3, -0.25) is 4.57 Å². The van der Waals surface area contributed by atoms with E-state index in [1.807, 2.05) is 4.90 Å². The zero-order valence-corrected chi connectivity index (χ0v) is 19.9. The van der Waals surface area contributed by atoms with Gasteiger partial charge in [0.1, 0.15) is 0 Å². The molecule has 3 aromatic rings. The highest BCUT2D eigenvalue weighted by atomic mass is 19.3. The van der Waals surface area contributed by atoms with Crippen molar-refractivity contribution in [3.8, 4) is 5.95 Å². The molecule has 190 valence electrons. The molecule has 2 N–H and O–H groups in total. The van der Waals surface area contributed by atoms with Gasteiger partial charge in [-0.2, -0.15) is 15.0 Å². The first-order valence-corrected chi connectivity index (χ1v) is 12.8.